The van der Waals surface area contributed by atoms with Crippen LogP contribution in [0, 0.1) is 6.92 Å². The quantitative estimate of drug-likeness (QED) is 0.896. The van der Waals surface area contributed by atoms with E-state index in [1.165, 1.54) is 5.56 Å². The van der Waals surface area contributed by atoms with Crippen LogP contribution in [0.3, 0.4) is 0 Å². The monoisotopic (exact) mass is 353 g/mol. The molecule has 1 aliphatic rings. The molecule has 26 heavy (non-hydrogen) atoms. The molecule has 1 saturated heterocycles. The lowest BCUT2D eigenvalue weighted by molar-refractivity contribution is 0.0746. The predicted molar refractivity (Wildman–Crippen MR) is 105 cm³/mol. The van der Waals surface area contributed by atoms with Crippen LogP contribution in [-0.2, 0) is 6.42 Å². The smallest absolute Gasteiger partial charge is 0.253 e. The molecule has 2 heterocycles. The van der Waals surface area contributed by atoms with Crippen molar-refractivity contribution in [2.24, 2.45) is 0 Å². The van der Waals surface area contributed by atoms with Crippen LogP contribution in [-0.4, -0.2) is 53.5 Å². The number of aromatic nitrogens is 2. The zero-order valence-electron chi connectivity index (χ0n) is 15.8. The minimum absolute atomic E-state index is 0.111. The lowest BCUT2D eigenvalue weighted by Crippen LogP contribution is -2.49. The number of anilines is 2. The number of hydrogen-bond donors (Lipinski definition) is 1. The Morgan fingerprint density at radius 3 is 2.38 bits per heavy atom. The number of aryl methyl sites for hydroxylation is 2. The number of amides is 1. The summed E-state index contributed by atoms with van der Waals surface area (Å²) in [5.74, 6) is 1.70. The Labute approximate surface area is 155 Å². The average Bonchev–Trinajstić information content (AvgIpc) is 2.67. The molecule has 1 aromatic heterocycles. The maximum absolute atomic E-state index is 12.7. The minimum atomic E-state index is 0.111. The first-order chi connectivity index (χ1) is 12.6. The van der Waals surface area contributed by atoms with Crippen LogP contribution >= 0.6 is 0 Å². The van der Waals surface area contributed by atoms with Crippen LogP contribution in [0.5, 0.6) is 0 Å². The average molecular weight is 353 g/mol. The highest BCUT2D eigenvalue weighted by Gasteiger charge is 2.23. The lowest BCUT2D eigenvalue weighted by Gasteiger charge is -2.35. The van der Waals surface area contributed by atoms with Crippen molar-refractivity contribution in [1.29, 1.82) is 0 Å². The molecular formula is C20H27N5O. The summed E-state index contributed by atoms with van der Waals surface area (Å²) in [7, 11) is 0. The number of nitrogens with one attached hydrogen (secondary N) is 1. The van der Waals surface area contributed by atoms with Crippen LogP contribution in [0.1, 0.15) is 35.5 Å². The van der Waals surface area contributed by atoms with Crippen molar-refractivity contribution in [3.05, 3.63) is 47.2 Å². The van der Waals surface area contributed by atoms with Crippen LogP contribution in [0.2, 0.25) is 0 Å². The van der Waals surface area contributed by atoms with Crippen molar-refractivity contribution < 1.29 is 4.79 Å². The van der Waals surface area contributed by atoms with Gasteiger partial charge in [-0.15, -0.1) is 0 Å². The first-order valence-corrected chi connectivity index (χ1v) is 9.33. The van der Waals surface area contributed by atoms with Crippen molar-refractivity contribution in [2.45, 2.75) is 27.2 Å². The van der Waals surface area contributed by atoms with Crippen molar-refractivity contribution in [1.82, 2.24) is 14.9 Å². The maximum atomic E-state index is 12.7. The molecule has 1 amide bonds. The second kappa shape index (κ2) is 8.17. The zero-order chi connectivity index (χ0) is 18.5. The van der Waals surface area contributed by atoms with E-state index in [0.717, 1.165) is 43.1 Å². The van der Waals surface area contributed by atoms with Gasteiger partial charge in [0.1, 0.15) is 5.82 Å². The highest BCUT2D eigenvalue weighted by molar-refractivity contribution is 5.94. The van der Waals surface area contributed by atoms with Gasteiger partial charge in [-0.3, -0.25) is 4.79 Å². The Balaban J connectivity index is 1.64. The molecule has 1 fully saturated rings. The zero-order valence-corrected chi connectivity index (χ0v) is 15.8. The van der Waals surface area contributed by atoms with E-state index < -0.39 is 0 Å². The van der Waals surface area contributed by atoms with Crippen molar-refractivity contribution in [2.75, 3.05) is 42.9 Å². The Bertz CT molecular complexity index is 751. The van der Waals surface area contributed by atoms with Gasteiger partial charge in [-0.05, 0) is 38.0 Å². The number of piperazine rings is 1. The van der Waals surface area contributed by atoms with Gasteiger partial charge in [0.15, 0.2) is 0 Å². The summed E-state index contributed by atoms with van der Waals surface area (Å²) in [4.78, 5) is 25.9. The van der Waals surface area contributed by atoms with Crippen molar-refractivity contribution in [3.8, 4) is 0 Å². The third kappa shape index (κ3) is 4.12. The van der Waals surface area contributed by atoms with Gasteiger partial charge in [0, 0.05) is 50.0 Å². The summed E-state index contributed by atoms with van der Waals surface area (Å²) in [5.41, 5.74) is 2.96. The lowest BCUT2D eigenvalue weighted by atomic mass is 10.1. The van der Waals surface area contributed by atoms with Gasteiger partial charge in [0.25, 0.3) is 5.91 Å². The van der Waals surface area contributed by atoms with Gasteiger partial charge >= 0.3 is 0 Å². The normalized spacial score (nSPS) is 14.4. The van der Waals surface area contributed by atoms with Gasteiger partial charge in [0.05, 0.1) is 0 Å². The Hall–Kier alpha value is -2.63. The topological polar surface area (TPSA) is 61.4 Å². The summed E-state index contributed by atoms with van der Waals surface area (Å²) in [6.45, 7) is 9.88. The van der Waals surface area contributed by atoms with E-state index in [9.17, 15) is 4.79 Å². The first-order valence-electron chi connectivity index (χ1n) is 9.33. The van der Waals surface area contributed by atoms with E-state index in [-0.39, 0.29) is 5.91 Å². The molecule has 2 aromatic rings. The number of hydrogen-bond acceptors (Lipinski definition) is 5. The Morgan fingerprint density at radius 2 is 1.77 bits per heavy atom. The molecule has 0 bridgehead atoms. The molecule has 0 saturated carbocycles. The molecule has 0 atom stereocenters. The molecule has 1 aromatic carbocycles. The van der Waals surface area contributed by atoms with E-state index in [0.29, 0.717) is 19.0 Å². The molecule has 0 spiro atoms. The molecule has 1 aliphatic heterocycles. The summed E-state index contributed by atoms with van der Waals surface area (Å²) < 4.78 is 0. The molecule has 6 nitrogen and oxygen atoms in total. The second-order valence-electron chi connectivity index (χ2n) is 6.55. The largest absolute Gasteiger partial charge is 0.354 e. The molecule has 0 aliphatic carbocycles. The molecule has 138 valence electrons. The fourth-order valence-corrected chi connectivity index (χ4v) is 3.16. The number of benzene rings is 1. The number of carbonyl (C=O) groups is 1. The van der Waals surface area contributed by atoms with E-state index in [1.807, 2.05) is 49.1 Å². The molecule has 1 N–H and O–H groups in total. The molecular weight excluding hydrogens is 326 g/mol. The molecule has 6 heteroatoms. The van der Waals surface area contributed by atoms with E-state index in [2.05, 4.69) is 27.1 Å². The van der Waals surface area contributed by atoms with Crippen molar-refractivity contribution >= 4 is 17.7 Å². The standard InChI is InChI=1S/C20H27N5O/c1-4-16-6-8-17(9-7-16)19(26)25-12-10-24(11-13-25)18-14-15(3)22-20(23-18)21-5-2/h6-9,14H,4-5,10-13H2,1-3H3,(H,21,22,23). The second-order valence-corrected chi connectivity index (χ2v) is 6.55. The van der Waals surface area contributed by atoms with Gasteiger partial charge in [-0.2, -0.15) is 4.98 Å². The summed E-state index contributed by atoms with van der Waals surface area (Å²) in [6, 6.07) is 9.95. The van der Waals surface area contributed by atoms with Crippen molar-refractivity contribution in [3.63, 3.8) is 0 Å². The van der Waals surface area contributed by atoms with Gasteiger partial charge in [-0.25, -0.2) is 4.98 Å². The van der Waals surface area contributed by atoms with Crippen LogP contribution in [0.15, 0.2) is 30.3 Å². The molecule has 0 unspecified atom stereocenters. The Kier molecular flexibility index (Phi) is 5.71. The first kappa shape index (κ1) is 18.2. The fourth-order valence-electron chi connectivity index (χ4n) is 3.16. The van der Waals surface area contributed by atoms with Gasteiger partial charge in [0.2, 0.25) is 5.95 Å². The van der Waals surface area contributed by atoms with E-state index in [4.69, 9.17) is 0 Å². The van der Waals surface area contributed by atoms with E-state index >= 15 is 0 Å². The highest BCUT2D eigenvalue weighted by Crippen LogP contribution is 2.18. The minimum Gasteiger partial charge on any atom is -0.354 e. The fraction of sp³-hybridized carbons (Fsp3) is 0.450. The van der Waals surface area contributed by atoms with Crippen LogP contribution < -0.4 is 10.2 Å². The highest BCUT2D eigenvalue weighted by atomic mass is 16.2. The van der Waals surface area contributed by atoms with Gasteiger partial charge < -0.3 is 15.1 Å². The number of rotatable bonds is 5. The van der Waals surface area contributed by atoms with Gasteiger partial charge in [-0.1, -0.05) is 19.1 Å². The molecule has 0 radical (unpaired) electrons. The predicted octanol–water partition coefficient (Wildman–Crippen LogP) is 2.74. The number of nitrogens with zero attached hydrogens (tertiary/aromatic N) is 4. The summed E-state index contributed by atoms with van der Waals surface area (Å²) in [5, 5.41) is 3.17. The third-order valence-corrected chi connectivity index (χ3v) is 4.68. The van der Waals surface area contributed by atoms with E-state index in [1.54, 1.807) is 0 Å². The SMILES string of the molecule is CCNc1nc(C)cc(N2CCN(C(=O)c3ccc(CC)cc3)CC2)n1. The molecule has 3 rings (SSSR count). The van der Waals surface area contributed by atoms with Crippen LogP contribution in [0.4, 0.5) is 11.8 Å². The Morgan fingerprint density at radius 1 is 1.08 bits per heavy atom. The summed E-state index contributed by atoms with van der Waals surface area (Å²) >= 11 is 0. The summed E-state index contributed by atoms with van der Waals surface area (Å²) in [6.07, 6.45) is 0.986. The maximum Gasteiger partial charge on any atom is 0.253 e. The number of carbonyl (C=O) groups excluding carboxylic acids is 1. The van der Waals surface area contributed by atoms with Crippen LogP contribution in [0.25, 0.3) is 0 Å². The third-order valence-electron chi connectivity index (χ3n) is 4.68.